The molecule has 1 aromatic carbocycles. The Balaban J connectivity index is 2.34. The van der Waals surface area contributed by atoms with Gasteiger partial charge in [0.2, 0.25) is 10.0 Å². The largest absolute Gasteiger partial charge is 0.478 e. The van der Waals surface area contributed by atoms with Gasteiger partial charge in [0.25, 0.3) is 0 Å². The molecular formula is C14H14N2O4S. The van der Waals surface area contributed by atoms with E-state index in [4.69, 9.17) is 5.11 Å². The van der Waals surface area contributed by atoms with Gasteiger partial charge < -0.3 is 5.11 Å². The number of aryl methyl sites for hydroxylation is 1. The number of nitrogens with zero attached hydrogens (tertiary/aromatic N) is 1. The van der Waals surface area contributed by atoms with Crippen molar-refractivity contribution in [3.8, 4) is 11.1 Å². The molecule has 0 aliphatic heterocycles. The molecule has 2 aromatic rings. The highest BCUT2D eigenvalue weighted by Gasteiger charge is 2.08. The standard InChI is InChI=1S/C14H14N2O4S/c1-9-12(7-8-13(15-9)16-21(2,19)20)10-3-5-11(6-4-10)14(17)18/h3-8H,1-2H3,(H,15,16)(H,17,18). The Hall–Kier alpha value is -2.41. The summed E-state index contributed by atoms with van der Waals surface area (Å²) in [6.45, 7) is 1.76. The third-order valence-corrected chi connectivity index (χ3v) is 3.40. The molecule has 0 aliphatic carbocycles. The molecule has 0 bridgehead atoms. The van der Waals surface area contributed by atoms with Crippen LogP contribution in [0.25, 0.3) is 11.1 Å². The van der Waals surface area contributed by atoms with Crippen LogP contribution in [0.15, 0.2) is 36.4 Å². The number of carboxylic acid groups (broad SMARTS) is 1. The highest BCUT2D eigenvalue weighted by atomic mass is 32.2. The van der Waals surface area contributed by atoms with Crippen LogP contribution in [-0.4, -0.2) is 30.7 Å². The number of pyridine rings is 1. The molecule has 0 saturated heterocycles. The lowest BCUT2D eigenvalue weighted by molar-refractivity contribution is 0.0697. The van der Waals surface area contributed by atoms with Gasteiger partial charge in [-0.05, 0) is 36.8 Å². The van der Waals surface area contributed by atoms with Gasteiger partial charge in [0, 0.05) is 11.3 Å². The molecule has 0 atom stereocenters. The molecule has 7 heteroatoms. The molecule has 0 saturated carbocycles. The van der Waals surface area contributed by atoms with Crippen molar-refractivity contribution >= 4 is 21.8 Å². The summed E-state index contributed by atoms with van der Waals surface area (Å²) in [6.07, 6.45) is 1.06. The van der Waals surface area contributed by atoms with E-state index in [0.717, 1.165) is 17.4 Å². The van der Waals surface area contributed by atoms with Crippen molar-refractivity contribution in [2.45, 2.75) is 6.92 Å². The third kappa shape index (κ3) is 3.79. The first-order valence-corrected chi connectivity index (χ1v) is 7.94. The molecule has 21 heavy (non-hydrogen) atoms. The van der Waals surface area contributed by atoms with Gasteiger partial charge in [-0.3, -0.25) is 4.72 Å². The molecule has 1 aromatic heterocycles. The maximum atomic E-state index is 11.2. The van der Waals surface area contributed by atoms with Gasteiger partial charge in [-0.25, -0.2) is 18.2 Å². The van der Waals surface area contributed by atoms with E-state index >= 15 is 0 Å². The van der Waals surface area contributed by atoms with Gasteiger partial charge in [-0.15, -0.1) is 0 Å². The highest BCUT2D eigenvalue weighted by molar-refractivity contribution is 7.92. The van der Waals surface area contributed by atoms with Crippen LogP contribution in [-0.2, 0) is 10.0 Å². The maximum Gasteiger partial charge on any atom is 0.335 e. The molecular weight excluding hydrogens is 292 g/mol. The van der Waals surface area contributed by atoms with Gasteiger partial charge in [-0.1, -0.05) is 12.1 Å². The summed E-state index contributed by atoms with van der Waals surface area (Å²) in [5.41, 5.74) is 2.48. The lowest BCUT2D eigenvalue weighted by Gasteiger charge is -2.09. The van der Waals surface area contributed by atoms with Crippen LogP contribution in [0.1, 0.15) is 16.1 Å². The number of aromatic carboxylic acids is 1. The summed E-state index contributed by atoms with van der Waals surface area (Å²) in [5, 5.41) is 8.87. The third-order valence-electron chi connectivity index (χ3n) is 2.82. The fourth-order valence-electron chi connectivity index (χ4n) is 1.91. The number of sulfonamides is 1. The Labute approximate surface area is 122 Å². The van der Waals surface area contributed by atoms with Crippen LogP contribution in [0.3, 0.4) is 0 Å². The smallest absolute Gasteiger partial charge is 0.335 e. The van der Waals surface area contributed by atoms with E-state index in [9.17, 15) is 13.2 Å². The number of carbonyl (C=O) groups is 1. The Bertz CT molecular complexity index is 783. The number of hydrogen-bond acceptors (Lipinski definition) is 4. The molecule has 2 rings (SSSR count). The number of carboxylic acids is 1. The van der Waals surface area contributed by atoms with Crippen molar-refractivity contribution in [2.75, 3.05) is 11.0 Å². The molecule has 2 N–H and O–H groups in total. The first-order valence-electron chi connectivity index (χ1n) is 6.05. The fourth-order valence-corrected chi connectivity index (χ4v) is 2.40. The minimum atomic E-state index is -3.36. The molecule has 0 unspecified atom stereocenters. The topological polar surface area (TPSA) is 96.4 Å². The molecule has 0 fully saturated rings. The highest BCUT2D eigenvalue weighted by Crippen LogP contribution is 2.24. The van der Waals surface area contributed by atoms with Crippen molar-refractivity contribution in [2.24, 2.45) is 0 Å². The fraction of sp³-hybridized carbons (Fsp3) is 0.143. The number of hydrogen-bond donors (Lipinski definition) is 2. The lowest BCUT2D eigenvalue weighted by atomic mass is 10.0. The minimum absolute atomic E-state index is 0.208. The second-order valence-electron chi connectivity index (χ2n) is 4.59. The normalized spacial score (nSPS) is 11.1. The van der Waals surface area contributed by atoms with Gasteiger partial charge in [0.15, 0.2) is 0 Å². The Morgan fingerprint density at radius 1 is 1.14 bits per heavy atom. The zero-order chi connectivity index (χ0) is 15.6. The molecule has 0 radical (unpaired) electrons. The molecule has 0 amide bonds. The predicted molar refractivity (Wildman–Crippen MR) is 79.8 cm³/mol. The van der Waals surface area contributed by atoms with E-state index in [0.29, 0.717) is 5.69 Å². The van der Waals surface area contributed by atoms with E-state index in [-0.39, 0.29) is 11.4 Å². The first kappa shape index (κ1) is 15.0. The van der Waals surface area contributed by atoms with Crippen molar-refractivity contribution in [1.29, 1.82) is 0 Å². The van der Waals surface area contributed by atoms with E-state index in [1.165, 1.54) is 12.1 Å². The summed E-state index contributed by atoms with van der Waals surface area (Å²) in [4.78, 5) is 15.0. The lowest BCUT2D eigenvalue weighted by Crippen LogP contribution is -2.11. The molecule has 0 spiro atoms. The first-order chi connectivity index (χ1) is 9.76. The number of benzene rings is 1. The van der Waals surface area contributed by atoms with Crippen LogP contribution >= 0.6 is 0 Å². The van der Waals surface area contributed by atoms with E-state index in [2.05, 4.69) is 9.71 Å². The van der Waals surface area contributed by atoms with Crippen LogP contribution in [0, 0.1) is 6.92 Å². The Morgan fingerprint density at radius 3 is 2.24 bits per heavy atom. The average molecular weight is 306 g/mol. The van der Waals surface area contributed by atoms with Crippen LogP contribution in [0.5, 0.6) is 0 Å². The summed E-state index contributed by atoms with van der Waals surface area (Å²) < 4.78 is 24.6. The zero-order valence-electron chi connectivity index (χ0n) is 11.5. The van der Waals surface area contributed by atoms with Crippen molar-refractivity contribution < 1.29 is 18.3 Å². The zero-order valence-corrected chi connectivity index (χ0v) is 12.3. The van der Waals surface area contributed by atoms with Crippen LogP contribution in [0.4, 0.5) is 5.82 Å². The Kier molecular flexibility index (Phi) is 3.95. The van der Waals surface area contributed by atoms with Gasteiger partial charge >= 0.3 is 5.97 Å². The molecule has 0 aliphatic rings. The average Bonchev–Trinajstić information content (AvgIpc) is 2.37. The number of anilines is 1. The van der Waals surface area contributed by atoms with E-state index < -0.39 is 16.0 Å². The van der Waals surface area contributed by atoms with Gasteiger partial charge in [0.05, 0.1) is 11.8 Å². The van der Waals surface area contributed by atoms with Crippen LogP contribution in [0.2, 0.25) is 0 Å². The SMILES string of the molecule is Cc1nc(NS(C)(=O)=O)ccc1-c1ccc(C(=O)O)cc1. The second kappa shape index (κ2) is 5.53. The van der Waals surface area contributed by atoms with Gasteiger partial charge in [0.1, 0.15) is 5.82 Å². The van der Waals surface area contributed by atoms with Crippen molar-refractivity contribution in [3.05, 3.63) is 47.7 Å². The van der Waals surface area contributed by atoms with Crippen molar-refractivity contribution in [1.82, 2.24) is 4.98 Å². The van der Waals surface area contributed by atoms with Gasteiger partial charge in [-0.2, -0.15) is 0 Å². The summed E-state index contributed by atoms with van der Waals surface area (Å²) in [6, 6.07) is 9.72. The van der Waals surface area contributed by atoms with E-state index in [1.807, 2.05) is 0 Å². The predicted octanol–water partition coefficient (Wildman–Crippen LogP) is 2.13. The summed E-state index contributed by atoms with van der Waals surface area (Å²) >= 11 is 0. The summed E-state index contributed by atoms with van der Waals surface area (Å²) in [7, 11) is -3.36. The summed E-state index contributed by atoms with van der Waals surface area (Å²) in [5.74, 6) is -0.731. The minimum Gasteiger partial charge on any atom is -0.478 e. The number of aromatic nitrogens is 1. The number of nitrogens with one attached hydrogen (secondary N) is 1. The quantitative estimate of drug-likeness (QED) is 0.902. The Morgan fingerprint density at radius 2 is 1.76 bits per heavy atom. The molecule has 1 heterocycles. The van der Waals surface area contributed by atoms with Crippen LogP contribution < -0.4 is 4.72 Å². The molecule has 6 nitrogen and oxygen atoms in total. The van der Waals surface area contributed by atoms with E-state index in [1.54, 1.807) is 31.2 Å². The maximum absolute atomic E-state index is 11.2. The molecule has 110 valence electrons. The monoisotopic (exact) mass is 306 g/mol. The second-order valence-corrected chi connectivity index (χ2v) is 6.33. The number of rotatable bonds is 4. The van der Waals surface area contributed by atoms with Crippen molar-refractivity contribution in [3.63, 3.8) is 0 Å².